The molecular weight excluding hydrogens is 306 g/mol. The van der Waals surface area contributed by atoms with E-state index in [1.54, 1.807) is 24.5 Å². The quantitative estimate of drug-likeness (QED) is 0.819. The number of halogens is 2. The van der Waals surface area contributed by atoms with Crippen LogP contribution in [0.25, 0.3) is 0 Å². The second-order valence-corrected chi connectivity index (χ2v) is 4.81. The second kappa shape index (κ2) is 8.19. The largest absolute Gasteiger partial charge is 0.435 e. The summed E-state index contributed by atoms with van der Waals surface area (Å²) in [5.41, 5.74) is 1.27. The van der Waals surface area contributed by atoms with Gasteiger partial charge in [0.25, 0.3) is 0 Å². The lowest BCUT2D eigenvalue weighted by Crippen LogP contribution is -2.29. The van der Waals surface area contributed by atoms with Gasteiger partial charge in [-0.3, -0.25) is 9.78 Å². The van der Waals surface area contributed by atoms with Crippen LogP contribution in [0.3, 0.4) is 0 Å². The smallest absolute Gasteiger partial charge is 0.387 e. The normalized spacial score (nSPS) is 12.0. The van der Waals surface area contributed by atoms with Crippen LogP contribution >= 0.6 is 0 Å². The maximum Gasteiger partial charge on any atom is 0.387 e. The summed E-state index contributed by atoms with van der Waals surface area (Å²) in [6.45, 7) is -2.87. The highest BCUT2D eigenvalue weighted by Crippen LogP contribution is 2.19. The van der Waals surface area contributed by atoms with Crippen LogP contribution in [-0.2, 0) is 11.2 Å². The van der Waals surface area contributed by atoms with E-state index in [0.717, 1.165) is 5.56 Å². The second-order valence-electron chi connectivity index (χ2n) is 4.81. The molecule has 0 radical (unpaired) electrons. The maximum atomic E-state index is 12.0. The fourth-order valence-electron chi connectivity index (χ4n) is 1.95. The molecule has 2 N–H and O–H groups in total. The third-order valence-electron chi connectivity index (χ3n) is 3.07. The van der Waals surface area contributed by atoms with Crippen molar-refractivity contribution in [1.29, 1.82) is 0 Å². The Bertz CT molecular complexity index is 621. The summed E-state index contributed by atoms with van der Waals surface area (Å²) in [5.74, 6) is -0.230. The number of aliphatic hydroxyl groups is 1. The van der Waals surface area contributed by atoms with Gasteiger partial charge in [0.05, 0.1) is 12.5 Å². The van der Waals surface area contributed by atoms with Gasteiger partial charge in [0.15, 0.2) is 0 Å². The Labute approximate surface area is 131 Å². The number of aromatic nitrogens is 1. The lowest BCUT2D eigenvalue weighted by atomic mass is 10.1. The number of ether oxygens (including phenoxy) is 1. The molecule has 0 fully saturated rings. The minimum Gasteiger partial charge on any atom is -0.435 e. The highest BCUT2D eigenvalue weighted by molar-refractivity contribution is 5.78. The molecule has 1 aromatic carbocycles. The third kappa shape index (κ3) is 5.63. The Morgan fingerprint density at radius 1 is 1.26 bits per heavy atom. The summed E-state index contributed by atoms with van der Waals surface area (Å²) in [6, 6.07) is 9.13. The van der Waals surface area contributed by atoms with Gasteiger partial charge in [-0.25, -0.2) is 0 Å². The summed E-state index contributed by atoms with van der Waals surface area (Å²) in [4.78, 5) is 15.7. The Hall–Kier alpha value is -2.54. The van der Waals surface area contributed by atoms with Crippen molar-refractivity contribution < 1.29 is 23.4 Å². The average Bonchev–Trinajstić information content (AvgIpc) is 2.54. The van der Waals surface area contributed by atoms with Gasteiger partial charge in [-0.05, 0) is 29.3 Å². The zero-order valence-corrected chi connectivity index (χ0v) is 12.2. The van der Waals surface area contributed by atoms with Crippen LogP contribution in [0.4, 0.5) is 8.78 Å². The van der Waals surface area contributed by atoms with Crippen LogP contribution in [0.15, 0.2) is 48.8 Å². The molecule has 0 saturated heterocycles. The van der Waals surface area contributed by atoms with Gasteiger partial charge in [-0.1, -0.05) is 18.2 Å². The number of nitrogens with one attached hydrogen (secondary N) is 1. The zero-order valence-electron chi connectivity index (χ0n) is 12.2. The molecule has 0 spiro atoms. The van der Waals surface area contributed by atoms with Crippen molar-refractivity contribution in [1.82, 2.24) is 10.3 Å². The summed E-state index contributed by atoms with van der Waals surface area (Å²) >= 11 is 0. The predicted octanol–water partition coefficient (Wildman–Crippen LogP) is 2.08. The molecule has 1 aromatic heterocycles. The summed E-state index contributed by atoms with van der Waals surface area (Å²) in [5, 5.41) is 12.6. The first-order valence-corrected chi connectivity index (χ1v) is 6.93. The number of aliphatic hydroxyl groups excluding tert-OH is 1. The average molecular weight is 322 g/mol. The van der Waals surface area contributed by atoms with Gasteiger partial charge in [-0.15, -0.1) is 0 Å². The standard InChI is InChI=1S/C16H16F2N2O3/c17-16(18)23-13-5-3-12(4-6-13)14(21)10-20-15(22)8-11-2-1-7-19-9-11/h1-7,9,14,16,21H,8,10H2,(H,20,22). The van der Waals surface area contributed by atoms with Crippen molar-refractivity contribution in [3.63, 3.8) is 0 Å². The van der Waals surface area contributed by atoms with E-state index in [-0.39, 0.29) is 24.6 Å². The van der Waals surface area contributed by atoms with Crippen LogP contribution in [0.1, 0.15) is 17.2 Å². The number of pyridine rings is 1. The van der Waals surface area contributed by atoms with Crippen molar-refractivity contribution in [2.24, 2.45) is 0 Å². The van der Waals surface area contributed by atoms with E-state index in [1.807, 2.05) is 0 Å². The van der Waals surface area contributed by atoms with E-state index >= 15 is 0 Å². The highest BCUT2D eigenvalue weighted by Gasteiger charge is 2.11. The Morgan fingerprint density at radius 3 is 2.61 bits per heavy atom. The fraction of sp³-hybridized carbons (Fsp3) is 0.250. The summed E-state index contributed by atoms with van der Waals surface area (Å²) in [6.07, 6.45) is 2.44. The molecule has 5 nitrogen and oxygen atoms in total. The van der Waals surface area contributed by atoms with Gasteiger partial charge in [0.2, 0.25) is 5.91 Å². The molecule has 2 aromatic rings. The van der Waals surface area contributed by atoms with Crippen molar-refractivity contribution in [3.05, 3.63) is 59.9 Å². The van der Waals surface area contributed by atoms with E-state index in [1.165, 1.54) is 24.3 Å². The van der Waals surface area contributed by atoms with Crippen molar-refractivity contribution in [2.75, 3.05) is 6.54 Å². The van der Waals surface area contributed by atoms with Crippen LogP contribution in [-0.4, -0.2) is 29.2 Å². The number of carbonyl (C=O) groups is 1. The first kappa shape index (κ1) is 16.8. The van der Waals surface area contributed by atoms with Crippen LogP contribution < -0.4 is 10.1 Å². The monoisotopic (exact) mass is 322 g/mol. The molecule has 0 aliphatic carbocycles. The number of carbonyl (C=O) groups excluding carboxylic acids is 1. The van der Waals surface area contributed by atoms with Gasteiger partial charge in [0.1, 0.15) is 5.75 Å². The molecule has 1 unspecified atom stereocenters. The molecular formula is C16H16F2N2O3. The zero-order chi connectivity index (χ0) is 16.7. The van der Waals surface area contributed by atoms with E-state index < -0.39 is 12.7 Å². The summed E-state index contributed by atoms with van der Waals surface area (Å²) < 4.78 is 28.3. The SMILES string of the molecule is O=C(Cc1cccnc1)NCC(O)c1ccc(OC(F)F)cc1. The number of hydrogen-bond acceptors (Lipinski definition) is 4. The molecule has 0 aliphatic heterocycles. The van der Waals surface area contributed by atoms with E-state index in [9.17, 15) is 18.7 Å². The Balaban J connectivity index is 1.82. The number of benzene rings is 1. The molecule has 1 heterocycles. The molecule has 122 valence electrons. The van der Waals surface area contributed by atoms with Crippen molar-refractivity contribution in [3.8, 4) is 5.75 Å². The predicted molar refractivity (Wildman–Crippen MR) is 79.0 cm³/mol. The summed E-state index contributed by atoms with van der Waals surface area (Å²) in [7, 11) is 0. The lowest BCUT2D eigenvalue weighted by molar-refractivity contribution is -0.120. The van der Waals surface area contributed by atoms with E-state index in [0.29, 0.717) is 5.56 Å². The van der Waals surface area contributed by atoms with E-state index in [4.69, 9.17) is 0 Å². The van der Waals surface area contributed by atoms with Crippen LogP contribution in [0.2, 0.25) is 0 Å². The third-order valence-corrected chi connectivity index (χ3v) is 3.07. The molecule has 7 heteroatoms. The minimum atomic E-state index is -2.89. The Morgan fingerprint density at radius 2 is 2.00 bits per heavy atom. The van der Waals surface area contributed by atoms with Gasteiger partial charge >= 0.3 is 6.61 Å². The molecule has 2 rings (SSSR count). The lowest BCUT2D eigenvalue weighted by Gasteiger charge is -2.13. The molecule has 0 aliphatic rings. The van der Waals surface area contributed by atoms with Gasteiger partial charge in [-0.2, -0.15) is 8.78 Å². The van der Waals surface area contributed by atoms with E-state index in [2.05, 4.69) is 15.0 Å². The Kier molecular flexibility index (Phi) is 5.99. The number of hydrogen-bond donors (Lipinski definition) is 2. The number of nitrogens with zero attached hydrogens (tertiary/aromatic N) is 1. The number of rotatable bonds is 7. The molecule has 1 amide bonds. The molecule has 0 bridgehead atoms. The first-order valence-electron chi connectivity index (χ1n) is 6.93. The van der Waals surface area contributed by atoms with Crippen LogP contribution in [0, 0.1) is 0 Å². The minimum absolute atomic E-state index is 0.0107. The first-order chi connectivity index (χ1) is 11.0. The maximum absolute atomic E-state index is 12.0. The van der Waals surface area contributed by atoms with Gasteiger partial charge in [0, 0.05) is 18.9 Å². The molecule has 0 saturated carbocycles. The molecule has 23 heavy (non-hydrogen) atoms. The van der Waals surface area contributed by atoms with Crippen molar-refractivity contribution in [2.45, 2.75) is 19.1 Å². The number of alkyl halides is 2. The number of amides is 1. The van der Waals surface area contributed by atoms with Crippen LogP contribution in [0.5, 0.6) is 5.75 Å². The molecule has 1 atom stereocenters. The van der Waals surface area contributed by atoms with Gasteiger partial charge < -0.3 is 15.2 Å². The fourth-order valence-corrected chi connectivity index (χ4v) is 1.95. The highest BCUT2D eigenvalue weighted by atomic mass is 19.3. The topological polar surface area (TPSA) is 71.5 Å². The van der Waals surface area contributed by atoms with Crippen molar-refractivity contribution >= 4 is 5.91 Å².